The van der Waals surface area contributed by atoms with Crippen molar-refractivity contribution in [3.05, 3.63) is 34.1 Å². The minimum atomic E-state index is 0.0644. The van der Waals surface area contributed by atoms with Gasteiger partial charge in [0.2, 0.25) is 5.89 Å². The number of benzene rings is 1. The zero-order valence-electron chi connectivity index (χ0n) is 11.7. The Bertz CT molecular complexity index is 570. The number of rotatable bonds is 4. The van der Waals surface area contributed by atoms with E-state index >= 15 is 0 Å². The van der Waals surface area contributed by atoms with Gasteiger partial charge in [0.25, 0.3) is 5.89 Å². The lowest BCUT2D eigenvalue weighted by Gasteiger charge is -2.19. The molecule has 20 heavy (non-hydrogen) atoms. The Morgan fingerprint density at radius 1 is 1.15 bits per heavy atom. The van der Waals surface area contributed by atoms with Crippen molar-refractivity contribution in [3.63, 3.8) is 0 Å². The largest absolute Gasteiger partial charge is 0.421 e. The van der Waals surface area contributed by atoms with E-state index in [1.807, 2.05) is 0 Å². The van der Waals surface area contributed by atoms with Crippen molar-refractivity contribution in [2.24, 2.45) is 0 Å². The molecule has 0 amide bonds. The van der Waals surface area contributed by atoms with Crippen molar-refractivity contribution >= 4 is 23.2 Å². The fourth-order valence-electron chi connectivity index (χ4n) is 1.70. The van der Waals surface area contributed by atoms with Crippen molar-refractivity contribution < 1.29 is 4.42 Å². The van der Waals surface area contributed by atoms with E-state index in [2.05, 4.69) is 36.3 Å². The van der Waals surface area contributed by atoms with Crippen LogP contribution in [0, 0.1) is 0 Å². The molecule has 0 radical (unpaired) electrons. The molecule has 0 fully saturated rings. The Morgan fingerprint density at radius 3 is 2.40 bits per heavy atom. The van der Waals surface area contributed by atoms with Crippen LogP contribution in [0.4, 0.5) is 0 Å². The fraction of sp³-hybridized carbons (Fsp3) is 0.429. The molecule has 0 spiro atoms. The molecule has 2 rings (SSSR count). The average molecular weight is 314 g/mol. The van der Waals surface area contributed by atoms with Gasteiger partial charge in [0.15, 0.2) is 0 Å². The molecule has 1 aromatic heterocycles. The summed E-state index contributed by atoms with van der Waals surface area (Å²) < 4.78 is 5.61. The highest BCUT2D eigenvalue weighted by Gasteiger charge is 2.16. The Morgan fingerprint density at radius 2 is 1.80 bits per heavy atom. The summed E-state index contributed by atoms with van der Waals surface area (Å²) in [7, 11) is 0. The number of aromatic nitrogens is 2. The van der Waals surface area contributed by atoms with E-state index in [1.54, 1.807) is 18.2 Å². The van der Waals surface area contributed by atoms with E-state index in [4.69, 9.17) is 27.6 Å². The van der Waals surface area contributed by atoms with Gasteiger partial charge in [-0.1, -0.05) is 29.3 Å². The lowest BCUT2D eigenvalue weighted by atomic mass is 10.1. The van der Waals surface area contributed by atoms with Gasteiger partial charge in [0, 0.05) is 18.5 Å². The van der Waals surface area contributed by atoms with Gasteiger partial charge in [-0.15, -0.1) is 10.2 Å². The van der Waals surface area contributed by atoms with E-state index in [0.717, 1.165) is 6.54 Å². The van der Waals surface area contributed by atoms with Gasteiger partial charge in [-0.2, -0.15) is 0 Å². The zero-order chi connectivity index (χ0) is 14.8. The van der Waals surface area contributed by atoms with Gasteiger partial charge in [0.05, 0.1) is 15.6 Å². The maximum Gasteiger partial charge on any atom is 0.250 e. The number of hydrogen-bond donors (Lipinski definition) is 1. The summed E-state index contributed by atoms with van der Waals surface area (Å²) in [5, 5.41) is 12.4. The third-order valence-corrected chi connectivity index (χ3v) is 3.27. The molecular weight excluding hydrogens is 297 g/mol. The summed E-state index contributed by atoms with van der Waals surface area (Å²) in [6.45, 7) is 7.09. The molecule has 4 nitrogen and oxygen atoms in total. The third-order valence-electron chi connectivity index (χ3n) is 2.64. The molecule has 0 aliphatic heterocycles. The number of nitrogens with one attached hydrogen (secondary N) is 1. The summed E-state index contributed by atoms with van der Waals surface area (Å²) in [6, 6.07) is 5.26. The standard InChI is InChI=1S/C14H17Cl2N3O/c1-14(2,3)17-8-7-11-18-19-13(20-11)12-9(15)5-4-6-10(12)16/h4-6,17H,7-8H2,1-3H3. The SMILES string of the molecule is CC(C)(C)NCCc1nnc(-c2c(Cl)cccc2Cl)o1. The van der Waals surface area contributed by atoms with Crippen molar-refractivity contribution in [2.75, 3.05) is 6.54 Å². The van der Waals surface area contributed by atoms with Crippen LogP contribution in [0.5, 0.6) is 0 Å². The summed E-state index contributed by atoms with van der Waals surface area (Å²) in [4.78, 5) is 0. The van der Waals surface area contributed by atoms with Crippen molar-refractivity contribution in [1.82, 2.24) is 15.5 Å². The van der Waals surface area contributed by atoms with Gasteiger partial charge in [-0.25, -0.2) is 0 Å². The molecule has 0 saturated heterocycles. The van der Waals surface area contributed by atoms with E-state index in [9.17, 15) is 0 Å². The average Bonchev–Trinajstić information content (AvgIpc) is 2.75. The summed E-state index contributed by atoms with van der Waals surface area (Å²) in [5.74, 6) is 0.916. The monoisotopic (exact) mass is 313 g/mol. The Kier molecular flexibility index (Phi) is 4.68. The molecule has 1 heterocycles. The highest BCUT2D eigenvalue weighted by atomic mass is 35.5. The van der Waals surface area contributed by atoms with E-state index < -0.39 is 0 Å². The minimum Gasteiger partial charge on any atom is -0.421 e. The van der Waals surface area contributed by atoms with Crippen LogP contribution in [0.25, 0.3) is 11.5 Å². The molecule has 0 atom stereocenters. The van der Waals surface area contributed by atoms with Gasteiger partial charge in [0.1, 0.15) is 0 Å². The summed E-state index contributed by atoms with van der Waals surface area (Å²) in [6.07, 6.45) is 0.659. The smallest absolute Gasteiger partial charge is 0.250 e. The molecule has 108 valence electrons. The molecule has 0 saturated carbocycles. The molecule has 0 unspecified atom stereocenters. The first-order valence-electron chi connectivity index (χ1n) is 6.38. The molecule has 1 aromatic carbocycles. The first-order valence-corrected chi connectivity index (χ1v) is 7.14. The van der Waals surface area contributed by atoms with Gasteiger partial charge in [-0.3, -0.25) is 0 Å². The minimum absolute atomic E-state index is 0.0644. The maximum absolute atomic E-state index is 6.11. The van der Waals surface area contributed by atoms with Gasteiger partial charge < -0.3 is 9.73 Å². The molecule has 0 aliphatic rings. The summed E-state index contributed by atoms with van der Waals surface area (Å²) in [5.41, 5.74) is 0.646. The Hall–Kier alpha value is -1.10. The molecule has 6 heteroatoms. The lowest BCUT2D eigenvalue weighted by molar-refractivity contribution is 0.412. The number of halogens is 2. The lowest BCUT2D eigenvalue weighted by Crippen LogP contribution is -2.37. The third kappa shape index (κ3) is 3.95. The van der Waals surface area contributed by atoms with Crippen LogP contribution >= 0.6 is 23.2 Å². The second-order valence-electron chi connectivity index (χ2n) is 5.52. The van der Waals surface area contributed by atoms with Crippen LogP contribution in [-0.4, -0.2) is 22.3 Å². The van der Waals surface area contributed by atoms with E-state index in [1.165, 1.54) is 0 Å². The van der Waals surface area contributed by atoms with Gasteiger partial charge >= 0.3 is 0 Å². The van der Waals surface area contributed by atoms with E-state index in [0.29, 0.717) is 33.8 Å². The second kappa shape index (κ2) is 6.12. The predicted molar refractivity (Wildman–Crippen MR) is 81.2 cm³/mol. The van der Waals surface area contributed by atoms with Crippen LogP contribution in [0.15, 0.2) is 22.6 Å². The van der Waals surface area contributed by atoms with Crippen molar-refractivity contribution in [3.8, 4) is 11.5 Å². The summed E-state index contributed by atoms with van der Waals surface area (Å²) >= 11 is 12.2. The highest BCUT2D eigenvalue weighted by Crippen LogP contribution is 2.33. The molecular formula is C14H17Cl2N3O. The first kappa shape index (κ1) is 15.3. The Labute approximate surface area is 128 Å². The van der Waals surface area contributed by atoms with Crippen molar-refractivity contribution in [2.45, 2.75) is 32.7 Å². The van der Waals surface area contributed by atoms with Crippen LogP contribution in [0.2, 0.25) is 10.0 Å². The van der Waals surface area contributed by atoms with Crippen LogP contribution in [0.3, 0.4) is 0 Å². The van der Waals surface area contributed by atoms with Crippen LogP contribution in [-0.2, 0) is 6.42 Å². The van der Waals surface area contributed by atoms with Crippen LogP contribution < -0.4 is 5.32 Å². The molecule has 2 aromatic rings. The number of hydrogen-bond acceptors (Lipinski definition) is 4. The molecule has 1 N–H and O–H groups in total. The molecule has 0 aliphatic carbocycles. The normalized spacial score (nSPS) is 11.8. The topological polar surface area (TPSA) is 51.0 Å². The van der Waals surface area contributed by atoms with E-state index in [-0.39, 0.29) is 5.54 Å². The Balaban J connectivity index is 2.09. The quantitative estimate of drug-likeness (QED) is 0.927. The fourth-order valence-corrected chi connectivity index (χ4v) is 2.26. The maximum atomic E-state index is 6.11. The van der Waals surface area contributed by atoms with Crippen molar-refractivity contribution in [1.29, 1.82) is 0 Å². The molecule has 0 bridgehead atoms. The zero-order valence-corrected chi connectivity index (χ0v) is 13.2. The highest BCUT2D eigenvalue weighted by molar-refractivity contribution is 6.38. The van der Waals surface area contributed by atoms with Gasteiger partial charge in [-0.05, 0) is 32.9 Å². The number of nitrogens with zero attached hydrogens (tertiary/aromatic N) is 2. The first-order chi connectivity index (χ1) is 9.37. The van der Waals surface area contributed by atoms with Crippen LogP contribution in [0.1, 0.15) is 26.7 Å². The second-order valence-corrected chi connectivity index (χ2v) is 6.34. The predicted octanol–water partition coefficient (Wildman–Crippen LogP) is 3.97.